The fraction of sp³-hybridized carbons (Fsp3) is 0.647. The molecule has 1 aromatic carbocycles. The van der Waals surface area contributed by atoms with Crippen LogP contribution in [0, 0.1) is 6.92 Å². The largest absolute Gasteiger partial charge is 0.305 e. The van der Waals surface area contributed by atoms with E-state index in [4.69, 9.17) is 0 Å². The van der Waals surface area contributed by atoms with Gasteiger partial charge < -0.3 is 4.90 Å². The van der Waals surface area contributed by atoms with Crippen LogP contribution < -0.4 is 0 Å². The van der Waals surface area contributed by atoms with Crippen LogP contribution in [-0.4, -0.2) is 74.9 Å². The van der Waals surface area contributed by atoms with Gasteiger partial charge >= 0.3 is 0 Å². The van der Waals surface area contributed by atoms with Gasteiger partial charge in [0.1, 0.15) is 0 Å². The molecule has 1 unspecified atom stereocenters. The summed E-state index contributed by atoms with van der Waals surface area (Å²) in [6.07, 6.45) is 2.45. The Hall–Kier alpha value is -0.470. The van der Waals surface area contributed by atoms with Gasteiger partial charge in [0, 0.05) is 43.2 Å². The van der Waals surface area contributed by atoms with Crippen molar-refractivity contribution >= 4 is 26.0 Å². The minimum atomic E-state index is -3.43. The summed E-state index contributed by atoms with van der Waals surface area (Å²) in [6, 6.07) is 5.99. The van der Waals surface area contributed by atoms with Gasteiger partial charge in [-0.25, -0.2) is 8.42 Å². The van der Waals surface area contributed by atoms with Crippen molar-refractivity contribution in [2.45, 2.75) is 30.7 Å². The molecule has 7 heteroatoms. The van der Waals surface area contributed by atoms with E-state index in [1.807, 2.05) is 19.1 Å². The summed E-state index contributed by atoms with van der Waals surface area (Å²) in [5, 5.41) is 0. The lowest BCUT2D eigenvalue weighted by atomic mass is 10.0. The SMILES string of the molecule is Cc1ccc(S(=O)(=O)N2CCN(C3CCCN(C)C3)CC2)c(Br)c1. The van der Waals surface area contributed by atoms with Gasteiger partial charge in [0.05, 0.1) is 4.90 Å². The third-order valence-electron chi connectivity index (χ3n) is 5.09. The predicted octanol–water partition coefficient (Wildman–Crippen LogP) is 2.16. The average molecular weight is 416 g/mol. The number of likely N-dealkylation sites (N-methyl/N-ethyl adjacent to an activating group) is 1. The van der Waals surface area contributed by atoms with Crippen LogP contribution in [0.5, 0.6) is 0 Å². The highest BCUT2D eigenvalue weighted by atomic mass is 79.9. The molecule has 2 saturated heterocycles. The molecular formula is C17H26BrN3O2S. The first kappa shape index (κ1) is 18.3. The van der Waals surface area contributed by atoms with Crippen LogP contribution in [0.3, 0.4) is 0 Å². The Morgan fingerprint density at radius 1 is 1.12 bits per heavy atom. The number of sulfonamides is 1. The van der Waals surface area contributed by atoms with E-state index >= 15 is 0 Å². The van der Waals surface area contributed by atoms with E-state index in [0.717, 1.165) is 25.2 Å². The second-order valence-corrected chi connectivity index (χ2v) is 9.69. The van der Waals surface area contributed by atoms with Crippen molar-refractivity contribution in [3.63, 3.8) is 0 Å². The van der Waals surface area contributed by atoms with E-state index in [1.165, 1.54) is 19.4 Å². The zero-order valence-corrected chi connectivity index (χ0v) is 16.8. The fourth-order valence-electron chi connectivity index (χ4n) is 3.70. The number of rotatable bonds is 3. The molecule has 24 heavy (non-hydrogen) atoms. The van der Waals surface area contributed by atoms with E-state index in [0.29, 0.717) is 28.5 Å². The number of benzene rings is 1. The first-order valence-corrected chi connectivity index (χ1v) is 10.8. The van der Waals surface area contributed by atoms with Gasteiger partial charge in [-0.15, -0.1) is 0 Å². The van der Waals surface area contributed by atoms with Crippen LogP contribution in [0.15, 0.2) is 27.6 Å². The molecule has 0 radical (unpaired) electrons. The first-order chi connectivity index (χ1) is 11.4. The predicted molar refractivity (Wildman–Crippen MR) is 99.7 cm³/mol. The molecule has 0 saturated carbocycles. The summed E-state index contributed by atoms with van der Waals surface area (Å²) in [5.41, 5.74) is 1.05. The van der Waals surface area contributed by atoms with E-state index in [9.17, 15) is 8.42 Å². The zero-order valence-electron chi connectivity index (χ0n) is 14.4. The second kappa shape index (κ2) is 7.41. The summed E-state index contributed by atoms with van der Waals surface area (Å²) in [5.74, 6) is 0. The lowest BCUT2D eigenvalue weighted by molar-refractivity contribution is 0.0824. The van der Waals surface area contributed by atoms with Crippen LogP contribution in [0.2, 0.25) is 0 Å². The number of hydrogen-bond acceptors (Lipinski definition) is 4. The molecule has 0 spiro atoms. The summed E-state index contributed by atoms with van der Waals surface area (Å²) in [7, 11) is -1.26. The summed E-state index contributed by atoms with van der Waals surface area (Å²) < 4.78 is 28.1. The molecule has 0 amide bonds. The molecule has 0 bridgehead atoms. The molecule has 2 aliphatic heterocycles. The highest BCUT2D eigenvalue weighted by Crippen LogP contribution is 2.27. The maximum atomic E-state index is 12.9. The quantitative estimate of drug-likeness (QED) is 0.758. The Morgan fingerprint density at radius 3 is 2.46 bits per heavy atom. The smallest absolute Gasteiger partial charge is 0.244 e. The van der Waals surface area contributed by atoms with Gasteiger partial charge in [-0.3, -0.25) is 4.90 Å². The van der Waals surface area contributed by atoms with E-state index in [2.05, 4.69) is 32.8 Å². The number of hydrogen-bond donors (Lipinski definition) is 0. The molecule has 1 atom stereocenters. The number of nitrogens with zero attached hydrogens (tertiary/aromatic N) is 3. The lowest BCUT2D eigenvalue weighted by Gasteiger charge is -2.42. The molecule has 0 N–H and O–H groups in total. The molecule has 3 rings (SSSR count). The third-order valence-corrected chi connectivity index (χ3v) is 7.97. The standard InChI is InChI=1S/C17H26BrN3O2S/c1-14-5-6-17(16(18)12-14)24(22,23)21-10-8-20(9-11-21)15-4-3-7-19(2)13-15/h5-6,12,15H,3-4,7-11,13H2,1-2H3. The summed E-state index contributed by atoms with van der Waals surface area (Å²) in [4.78, 5) is 5.21. The molecule has 134 valence electrons. The number of piperidine rings is 1. The molecule has 0 aliphatic carbocycles. The Bertz CT molecular complexity index is 687. The molecule has 0 aromatic heterocycles. The van der Waals surface area contributed by atoms with Crippen molar-refractivity contribution < 1.29 is 8.42 Å². The minimum Gasteiger partial charge on any atom is -0.305 e. The zero-order chi connectivity index (χ0) is 17.3. The topological polar surface area (TPSA) is 43.9 Å². The number of piperazine rings is 1. The Kier molecular flexibility index (Phi) is 5.66. The highest BCUT2D eigenvalue weighted by molar-refractivity contribution is 9.10. The van der Waals surface area contributed by atoms with Gasteiger partial charge in [0.15, 0.2) is 0 Å². The number of halogens is 1. The molecule has 5 nitrogen and oxygen atoms in total. The van der Waals surface area contributed by atoms with Crippen LogP contribution in [0.1, 0.15) is 18.4 Å². The van der Waals surface area contributed by atoms with Crippen molar-refractivity contribution in [2.24, 2.45) is 0 Å². The van der Waals surface area contributed by atoms with Crippen LogP contribution in [0.25, 0.3) is 0 Å². The monoisotopic (exact) mass is 415 g/mol. The first-order valence-electron chi connectivity index (χ1n) is 8.57. The maximum absolute atomic E-state index is 12.9. The molecule has 2 fully saturated rings. The Balaban J connectivity index is 1.67. The van der Waals surface area contributed by atoms with Gasteiger partial charge in [-0.05, 0) is 67.0 Å². The molecule has 2 aliphatic rings. The summed E-state index contributed by atoms with van der Waals surface area (Å²) in [6.45, 7) is 7.01. The van der Waals surface area contributed by atoms with Crippen molar-refractivity contribution in [3.8, 4) is 0 Å². The third kappa shape index (κ3) is 3.85. The second-order valence-electron chi connectivity index (χ2n) is 6.93. The molecule has 1 aromatic rings. The van der Waals surface area contributed by atoms with Gasteiger partial charge in [0.2, 0.25) is 10.0 Å². The van der Waals surface area contributed by atoms with Gasteiger partial charge in [-0.2, -0.15) is 4.31 Å². The van der Waals surface area contributed by atoms with Crippen molar-refractivity contribution in [3.05, 3.63) is 28.2 Å². The van der Waals surface area contributed by atoms with E-state index < -0.39 is 10.0 Å². The lowest BCUT2D eigenvalue weighted by Crippen LogP contribution is -2.55. The van der Waals surface area contributed by atoms with Gasteiger partial charge in [-0.1, -0.05) is 6.07 Å². The number of aryl methyl sites for hydroxylation is 1. The number of likely N-dealkylation sites (tertiary alicyclic amines) is 1. The van der Waals surface area contributed by atoms with Crippen LogP contribution in [0.4, 0.5) is 0 Å². The van der Waals surface area contributed by atoms with Crippen LogP contribution >= 0.6 is 15.9 Å². The fourth-order valence-corrected chi connectivity index (χ4v) is 6.27. The van der Waals surface area contributed by atoms with Crippen molar-refractivity contribution in [1.82, 2.24) is 14.1 Å². The molecule has 2 heterocycles. The van der Waals surface area contributed by atoms with E-state index in [-0.39, 0.29) is 0 Å². The Morgan fingerprint density at radius 2 is 1.83 bits per heavy atom. The maximum Gasteiger partial charge on any atom is 0.244 e. The molecular weight excluding hydrogens is 390 g/mol. The normalized spacial score (nSPS) is 25.0. The van der Waals surface area contributed by atoms with Crippen LogP contribution in [-0.2, 0) is 10.0 Å². The van der Waals surface area contributed by atoms with Gasteiger partial charge in [0.25, 0.3) is 0 Å². The highest BCUT2D eigenvalue weighted by Gasteiger charge is 2.33. The summed E-state index contributed by atoms with van der Waals surface area (Å²) >= 11 is 3.41. The Labute approximate surface area is 153 Å². The van der Waals surface area contributed by atoms with Crippen molar-refractivity contribution in [2.75, 3.05) is 46.3 Å². The average Bonchev–Trinajstić information content (AvgIpc) is 2.54. The minimum absolute atomic E-state index is 0.374. The van der Waals surface area contributed by atoms with E-state index in [1.54, 1.807) is 10.4 Å². The van der Waals surface area contributed by atoms with Crippen molar-refractivity contribution in [1.29, 1.82) is 0 Å².